The van der Waals surface area contributed by atoms with Crippen LogP contribution in [0.25, 0.3) is 0 Å². The Labute approximate surface area is 136 Å². The van der Waals surface area contributed by atoms with Crippen LogP contribution in [0.15, 0.2) is 36.8 Å². The zero-order chi connectivity index (χ0) is 15.9. The summed E-state index contributed by atoms with van der Waals surface area (Å²) in [6.45, 7) is 1.97. The van der Waals surface area contributed by atoms with Crippen molar-refractivity contribution in [3.8, 4) is 5.75 Å². The number of methoxy groups -OCH3 is 1. The number of ether oxygens (including phenoxy) is 1. The van der Waals surface area contributed by atoms with Crippen LogP contribution in [-0.2, 0) is 6.42 Å². The molecule has 5 nitrogen and oxygen atoms in total. The molecule has 120 valence electrons. The monoisotopic (exact) mass is 310 g/mol. The van der Waals surface area contributed by atoms with Gasteiger partial charge in [-0.05, 0) is 47.9 Å². The average molecular weight is 310 g/mol. The van der Waals surface area contributed by atoms with E-state index in [2.05, 4.69) is 27.0 Å². The molecule has 1 spiro atoms. The van der Waals surface area contributed by atoms with Gasteiger partial charge in [-0.2, -0.15) is 0 Å². The van der Waals surface area contributed by atoms with Crippen molar-refractivity contribution in [2.24, 2.45) is 11.1 Å². The number of nitrogens with zero attached hydrogens (tertiary/aromatic N) is 3. The minimum absolute atomic E-state index is 0.0941. The summed E-state index contributed by atoms with van der Waals surface area (Å²) in [5.74, 6) is 1.86. The molecule has 5 heteroatoms. The number of benzene rings is 1. The average Bonchev–Trinajstić information content (AvgIpc) is 2.88. The lowest BCUT2D eigenvalue weighted by atomic mass is 9.73. The van der Waals surface area contributed by atoms with E-state index in [1.54, 1.807) is 19.5 Å². The summed E-state index contributed by atoms with van der Waals surface area (Å²) in [4.78, 5) is 10.9. The van der Waals surface area contributed by atoms with Crippen molar-refractivity contribution >= 4 is 5.82 Å². The van der Waals surface area contributed by atoms with Gasteiger partial charge in [-0.25, -0.2) is 4.98 Å². The molecule has 23 heavy (non-hydrogen) atoms. The molecule has 0 bridgehead atoms. The van der Waals surface area contributed by atoms with Gasteiger partial charge in [0.1, 0.15) is 11.6 Å². The molecule has 1 aromatic heterocycles. The smallest absolute Gasteiger partial charge is 0.147 e. The third-order valence-electron chi connectivity index (χ3n) is 5.52. The largest absolute Gasteiger partial charge is 0.497 e. The van der Waals surface area contributed by atoms with Gasteiger partial charge in [-0.15, -0.1) is 0 Å². The van der Waals surface area contributed by atoms with Crippen LogP contribution in [0.3, 0.4) is 0 Å². The second-order valence-electron chi connectivity index (χ2n) is 6.63. The van der Waals surface area contributed by atoms with E-state index >= 15 is 0 Å². The fraction of sp³-hybridized carbons (Fsp3) is 0.444. The molecule has 1 fully saturated rings. The molecular formula is C18H22N4O. The van der Waals surface area contributed by atoms with Crippen molar-refractivity contribution in [1.82, 2.24) is 9.97 Å². The maximum absolute atomic E-state index is 6.66. The summed E-state index contributed by atoms with van der Waals surface area (Å²) in [6.07, 6.45) is 8.55. The number of anilines is 1. The Kier molecular flexibility index (Phi) is 3.45. The highest BCUT2D eigenvalue weighted by atomic mass is 16.5. The summed E-state index contributed by atoms with van der Waals surface area (Å²) < 4.78 is 5.36. The number of nitrogens with two attached hydrogens (primary N) is 1. The van der Waals surface area contributed by atoms with Gasteiger partial charge in [0.15, 0.2) is 0 Å². The Bertz CT molecular complexity index is 695. The molecule has 1 atom stereocenters. The van der Waals surface area contributed by atoms with Crippen molar-refractivity contribution in [1.29, 1.82) is 0 Å². The molecule has 1 aliphatic heterocycles. The fourth-order valence-electron chi connectivity index (χ4n) is 4.09. The van der Waals surface area contributed by atoms with Gasteiger partial charge < -0.3 is 15.4 Å². The molecule has 0 radical (unpaired) electrons. The summed E-state index contributed by atoms with van der Waals surface area (Å²) in [5.41, 5.74) is 9.48. The maximum atomic E-state index is 6.66. The van der Waals surface area contributed by atoms with E-state index in [9.17, 15) is 0 Å². The number of rotatable bonds is 2. The second-order valence-corrected chi connectivity index (χ2v) is 6.63. The predicted molar refractivity (Wildman–Crippen MR) is 89.5 cm³/mol. The van der Waals surface area contributed by atoms with Gasteiger partial charge in [0, 0.05) is 31.5 Å². The summed E-state index contributed by atoms with van der Waals surface area (Å²) in [5, 5.41) is 0. The highest BCUT2D eigenvalue weighted by Gasteiger charge is 2.46. The first kappa shape index (κ1) is 14.5. The highest BCUT2D eigenvalue weighted by Crippen LogP contribution is 2.51. The Morgan fingerprint density at radius 1 is 1.26 bits per heavy atom. The lowest BCUT2D eigenvalue weighted by molar-refractivity contribution is 0.187. The van der Waals surface area contributed by atoms with Crippen LogP contribution in [0, 0.1) is 5.41 Å². The van der Waals surface area contributed by atoms with Gasteiger partial charge in [0.2, 0.25) is 0 Å². The SMILES string of the molecule is COc1ccc2c(c1)C(N)C1(CCN(c3cnccn3)CC1)C2. The molecule has 1 unspecified atom stereocenters. The minimum atomic E-state index is 0.0941. The molecule has 1 aliphatic carbocycles. The molecule has 4 rings (SSSR count). The van der Waals surface area contributed by atoms with Gasteiger partial charge in [-0.3, -0.25) is 4.98 Å². The number of hydrogen-bond acceptors (Lipinski definition) is 5. The maximum Gasteiger partial charge on any atom is 0.147 e. The first-order chi connectivity index (χ1) is 11.2. The van der Waals surface area contributed by atoms with E-state index in [1.807, 2.05) is 12.3 Å². The summed E-state index contributed by atoms with van der Waals surface area (Å²) in [6, 6.07) is 6.43. The lowest BCUT2D eigenvalue weighted by Gasteiger charge is -2.42. The van der Waals surface area contributed by atoms with Crippen molar-refractivity contribution in [2.45, 2.75) is 25.3 Å². The number of piperidine rings is 1. The standard InChI is InChI=1S/C18H22N4O/c1-23-14-3-2-13-11-18(17(19)15(13)10-14)4-8-22(9-5-18)16-12-20-6-7-21-16/h2-3,6-7,10,12,17H,4-5,8-9,11,19H2,1H3. The fourth-order valence-corrected chi connectivity index (χ4v) is 4.09. The van der Waals surface area contributed by atoms with Crippen molar-refractivity contribution < 1.29 is 4.74 Å². The van der Waals surface area contributed by atoms with E-state index in [4.69, 9.17) is 10.5 Å². The van der Waals surface area contributed by atoms with Gasteiger partial charge in [0.25, 0.3) is 0 Å². The number of fused-ring (bicyclic) bond motifs is 1. The van der Waals surface area contributed by atoms with E-state index in [1.165, 1.54) is 11.1 Å². The number of aromatic nitrogens is 2. The van der Waals surface area contributed by atoms with Gasteiger partial charge in [-0.1, -0.05) is 6.07 Å². The Balaban J connectivity index is 1.53. The molecule has 2 N–H and O–H groups in total. The first-order valence-electron chi connectivity index (χ1n) is 8.15. The third-order valence-corrected chi connectivity index (χ3v) is 5.52. The van der Waals surface area contributed by atoms with E-state index in [0.717, 1.165) is 43.9 Å². The third kappa shape index (κ3) is 2.36. The van der Waals surface area contributed by atoms with Crippen LogP contribution in [0.1, 0.15) is 30.0 Å². The molecule has 2 aromatic rings. The molecule has 2 aliphatic rings. The topological polar surface area (TPSA) is 64.3 Å². The van der Waals surface area contributed by atoms with E-state index < -0.39 is 0 Å². The Hall–Kier alpha value is -2.14. The van der Waals surface area contributed by atoms with E-state index in [0.29, 0.717) is 0 Å². The van der Waals surface area contributed by atoms with Crippen molar-refractivity contribution in [3.05, 3.63) is 47.9 Å². The molecule has 2 heterocycles. The zero-order valence-electron chi connectivity index (χ0n) is 13.4. The molecular weight excluding hydrogens is 288 g/mol. The second kappa shape index (κ2) is 5.49. The molecule has 1 aromatic carbocycles. The van der Waals surface area contributed by atoms with Crippen LogP contribution in [0.4, 0.5) is 5.82 Å². The van der Waals surface area contributed by atoms with Crippen LogP contribution >= 0.6 is 0 Å². The lowest BCUT2D eigenvalue weighted by Crippen LogP contribution is -2.44. The first-order valence-corrected chi connectivity index (χ1v) is 8.15. The van der Waals surface area contributed by atoms with Crippen molar-refractivity contribution in [2.75, 3.05) is 25.1 Å². The van der Waals surface area contributed by atoms with Crippen LogP contribution in [-0.4, -0.2) is 30.2 Å². The summed E-state index contributed by atoms with van der Waals surface area (Å²) >= 11 is 0. The number of hydrogen-bond donors (Lipinski definition) is 1. The van der Waals surface area contributed by atoms with Gasteiger partial charge >= 0.3 is 0 Å². The molecule has 1 saturated heterocycles. The normalized spacial score (nSPS) is 22.2. The van der Waals surface area contributed by atoms with Crippen LogP contribution in [0.2, 0.25) is 0 Å². The van der Waals surface area contributed by atoms with Crippen molar-refractivity contribution in [3.63, 3.8) is 0 Å². The Morgan fingerprint density at radius 2 is 2.09 bits per heavy atom. The highest BCUT2D eigenvalue weighted by molar-refractivity contribution is 5.44. The quantitative estimate of drug-likeness (QED) is 0.922. The minimum Gasteiger partial charge on any atom is -0.497 e. The predicted octanol–water partition coefficient (Wildman–Crippen LogP) is 2.33. The molecule has 0 saturated carbocycles. The van der Waals surface area contributed by atoms with Gasteiger partial charge in [0.05, 0.1) is 13.3 Å². The molecule has 0 amide bonds. The summed E-state index contributed by atoms with van der Waals surface area (Å²) in [7, 11) is 1.71. The zero-order valence-corrected chi connectivity index (χ0v) is 13.4. The van der Waals surface area contributed by atoms with Crippen LogP contribution in [0.5, 0.6) is 5.75 Å². The van der Waals surface area contributed by atoms with E-state index in [-0.39, 0.29) is 11.5 Å². The van der Waals surface area contributed by atoms with Crippen LogP contribution < -0.4 is 15.4 Å². The Morgan fingerprint density at radius 3 is 2.78 bits per heavy atom.